The van der Waals surface area contributed by atoms with Crippen molar-refractivity contribution in [2.45, 2.75) is 46.8 Å². The first-order valence-electron chi connectivity index (χ1n) is 10.0. The largest absolute Gasteiger partial charge is 0.446 e. The van der Waals surface area contributed by atoms with Gasteiger partial charge in [0.25, 0.3) is 11.6 Å². The number of hydrogen-bond donors (Lipinski definition) is 2. The maximum Gasteiger partial charge on any atom is 0.329 e. The van der Waals surface area contributed by atoms with E-state index in [-0.39, 0.29) is 17.3 Å². The lowest BCUT2D eigenvalue weighted by molar-refractivity contribution is -0.384. The van der Waals surface area contributed by atoms with E-state index in [1.54, 1.807) is 64.1 Å². The third-order valence-corrected chi connectivity index (χ3v) is 4.56. The fourth-order valence-corrected chi connectivity index (χ4v) is 2.69. The van der Waals surface area contributed by atoms with Crippen molar-refractivity contribution in [1.82, 2.24) is 5.32 Å². The van der Waals surface area contributed by atoms with Gasteiger partial charge in [0.15, 0.2) is 0 Å². The average molecular weight is 441 g/mol. The lowest BCUT2D eigenvalue weighted by Gasteiger charge is -2.23. The molecule has 0 spiro atoms. The van der Waals surface area contributed by atoms with E-state index in [2.05, 4.69) is 10.6 Å². The van der Waals surface area contributed by atoms with Gasteiger partial charge in [-0.3, -0.25) is 19.7 Å². The van der Waals surface area contributed by atoms with Crippen LogP contribution in [0.3, 0.4) is 0 Å². The molecule has 0 saturated heterocycles. The summed E-state index contributed by atoms with van der Waals surface area (Å²) < 4.78 is 5.43. The van der Waals surface area contributed by atoms with Gasteiger partial charge in [-0.05, 0) is 25.5 Å². The number of nitro benzene ring substituents is 1. The van der Waals surface area contributed by atoms with Gasteiger partial charge in [0.05, 0.1) is 4.92 Å². The second-order valence-electron chi connectivity index (χ2n) is 8.44. The lowest BCUT2D eigenvalue weighted by Crippen LogP contribution is -2.45. The highest BCUT2D eigenvalue weighted by Gasteiger charge is 2.31. The Morgan fingerprint density at radius 3 is 2.25 bits per heavy atom. The molecule has 0 aliphatic rings. The molecule has 0 aliphatic carbocycles. The highest BCUT2D eigenvalue weighted by Crippen LogP contribution is 2.28. The van der Waals surface area contributed by atoms with Gasteiger partial charge in [0.2, 0.25) is 12.0 Å². The van der Waals surface area contributed by atoms with E-state index < -0.39 is 34.4 Å². The molecule has 170 valence electrons. The molecule has 0 fully saturated rings. The zero-order valence-corrected chi connectivity index (χ0v) is 18.7. The number of nitro groups is 1. The first-order valence-corrected chi connectivity index (χ1v) is 10.0. The quantitative estimate of drug-likeness (QED) is 0.383. The van der Waals surface area contributed by atoms with Gasteiger partial charge < -0.3 is 15.4 Å². The van der Waals surface area contributed by atoms with Crippen LogP contribution in [0.4, 0.5) is 11.4 Å². The molecule has 32 heavy (non-hydrogen) atoms. The first-order chi connectivity index (χ1) is 14.9. The van der Waals surface area contributed by atoms with Crippen molar-refractivity contribution in [2.75, 3.05) is 5.32 Å². The fraction of sp³-hybridized carbons (Fsp3) is 0.348. The highest BCUT2D eigenvalue weighted by molar-refractivity contribution is 5.98. The Kier molecular flexibility index (Phi) is 7.69. The molecule has 2 atom stereocenters. The van der Waals surface area contributed by atoms with E-state index in [1.807, 2.05) is 0 Å². The molecule has 2 N–H and O–H groups in total. The number of nitrogens with one attached hydrogen (secondary N) is 2. The molecule has 9 heteroatoms. The molecule has 2 unspecified atom stereocenters. The van der Waals surface area contributed by atoms with Crippen LogP contribution in [0.2, 0.25) is 0 Å². The summed E-state index contributed by atoms with van der Waals surface area (Å²) in [5.74, 6) is -1.92. The Bertz CT molecular complexity index is 1010. The van der Waals surface area contributed by atoms with E-state index in [0.717, 1.165) is 0 Å². The number of carbonyl (C=O) groups is 3. The molecule has 0 aromatic heterocycles. The van der Waals surface area contributed by atoms with Gasteiger partial charge in [-0.25, -0.2) is 4.79 Å². The number of rotatable bonds is 7. The minimum Gasteiger partial charge on any atom is -0.446 e. The van der Waals surface area contributed by atoms with Gasteiger partial charge in [0.1, 0.15) is 11.7 Å². The Balaban J connectivity index is 2.27. The topological polar surface area (TPSA) is 128 Å². The SMILES string of the molecule is Cc1ccc(NC(=O)C(OC(=O)C(C)NC(=O)C(C)(C)C)c2ccccc2)c([N+](=O)[O-])c1. The van der Waals surface area contributed by atoms with Crippen molar-refractivity contribution in [3.05, 3.63) is 69.8 Å². The van der Waals surface area contributed by atoms with E-state index in [0.29, 0.717) is 11.1 Å². The van der Waals surface area contributed by atoms with Crippen molar-refractivity contribution in [3.8, 4) is 0 Å². The number of hydrogen-bond acceptors (Lipinski definition) is 6. The lowest BCUT2D eigenvalue weighted by atomic mass is 9.95. The molecular weight excluding hydrogens is 414 g/mol. The van der Waals surface area contributed by atoms with E-state index in [9.17, 15) is 24.5 Å². The molecule has 0 saturated carbocycles. The van der Waals surface area contributed by atoms with Gasteiger partial charge in [-0.15, -0.1) is 0 Å². The van der Waals surface area contributed by atoms with Crippen LogP contribution in [0, 0.1) is 22.5 Å². The summed E-state index contributed by atoms with van der Waals surface area (Å²) in [7, 11) is 0. The minimum absolute atomic E-state index is 0.0170. The van der Waals surface area contributed by atoms with Crippen LogP contribution < -0.4 is 10.6 Å². The zero-order chi connectivity index (χ0) is 24.1. The van der Waals surface area contributed by atoms with Gasteiger partial charge in [0, 0.05) is 17.0 Å². The third-order valence-electron chi connectivity index (χ3n) is 4.56. The summed E-state index contributed by atoms with van der Waals surface area (Å²) in [6.07, 6.45) is -1.38. The number of nitrogens with zero attached hydrogens (tertiary/aromatic N) is 1. The molecule has 9 nitrogen and oxygen atoms in total. The standard InChI is InChI=1S/C23H27N3O6/c1-14-11-12-17(18(13-14)26(30)31)25-20(27)19(16-9-7-6-8-10-16)32-21(28)15(2)24-22(29)23(3,4)5/h6-13,15,19H,1-5H3,(H,24,29)(H,25,27). The summed E-state index contributed by atoms with van der Waals surface area (Å²) >= 11 is 0. The summed E-state index contributed by atoms with van der Waals surface area (Å²) in [6.45, 7) is 8.26. The molecule has 0 bridgehead atoms. The Morgan fingerprint density at radius 2 is 1.69 bits per heavy atom. The Labute approximate surface area is 186 Å². The second-order valence-corrected chi connectivity index (χ2v) is 8.44. The smallest absolute Gasteiger partial charge is 0.329 e. The monoisotopic (exact) mass is 441 g/mol. The Hall–Kier alpha value is -3.75. The fourth-order valence-electron chi connectivity index (χ4n) is 2.69. The number of carbonyl (C=O) groups excluding carboxylic acids is 3. The number of benzene rings is 2. The number of aryl methyl sites for hydroxylation is 1. The van der Waals surface area contributed by atoms with Gasteiger partial charge in [-0.2, -0.15) is 0 Å². The molecule has 2 rings (SSSR count). The van der Waals surface area contributed by atoms with Gasteiger partial charge in [-0.1, -0.05) is 57.2 Å². The van der Waals surface area contributed by atoms with Crippen molar-refractivity contribution in [3.63, 3.8) is 0 Å². The molecule has 0 heterocycles. The number of ether oxygens (including phenoxy) is 1. The maximum atomic E-state index is 13.0. The van der Waals surface area contributed by atoms with E-state index >= 15 is 0 Å². The summed E-state index contributed by atoms with van der Waals surface area (Å²) in [4.78, 5) is 48.6. The van der Waals surface area contributed by atoms with Crippen LogP contribution in [0.15, 0.2) is 48.5 Å². The van der Waals surface area contributed by atoms with Crippen LogP contribution in [0.25, 0.3) is 0 Å². The van der Waals surface area contributed by atoms with E-state index in [1.165, 1.54) is 19.1 Å². The van der Waals surface area contributed by atoms with Crippen molar-refractivity contribution >= 4 is 29.2 Å². The van der Waals surface area contributed by atoms with Crippen molar-refractivity contribution < 1.29 is 24.0 Å². The molecule has 0 aliphatic heterocycles. The normalized spacial score (nSPS) is 12.9. The predicted molar refractivity (Wildman–Crippen MR) is 119 cm³/mol. The van der Waals surface area contributed by atoms with Crippen LogP contribution in [0.1, 0.15) is 44.9 Å². The number of esters is 1. The Morgan fingerprint density at radius 1 is 1.06 bits per heavy atom. The van der Waals surface area contributed by atoms with Crippen molar-refractivity contribution in [1.29, 1.82) is 0 Å². The summed E-state index contributed by atoms with van der Waals surface area (Å²) in [5.41, 5.74) is 0.0281. The van der Waals surface area contributed by atoms with Crippen LogP contribution in [-0.2, 0) is 19.1 Å². The number of amides is 2. The van der Waals surface area contributed by atoms with Gasteiger partial charge >= 0.3 is 5.97 Å². The summed E-state index contributed by atoms with van der Waals surface area (Å²) in [6, 6.07) is 11.6. The second kappa shape index (κ2) is 10.0. The average Bonchev–Trinajstić information content (AvgIpc) is 2.72. The molecule has 2 aromatic carbocycles. The molecule has 0 radical (unpaired) electrons. The zero-order valence-electron chi connectivity index (χ0n) is 18.7. The third kappa shape index (κ3) is 6.37. The number of anilines is 1. The maximum absolute atomic E-state index is 13.0. The van der Waals surface area contributed by atoms with Crippen LogP contribution in [0.5, 0.6) is 0 Å². The van der Waals surface area contributed by atoms with Crippen molar-refractivity contribution in [2.24, 2.45) is 5.41 Å². The molecular formula is C23H27N3O6. The minimum atomic E-state index is -1.38. The molecule has 2 aromatic rings. The highest BCUT2D eigenvalue weighted by atomic mass is 16.6. The van der Waals surface area contributed by atoms with E-state index in [4.69, 9.17) is 4.74 Å². The predicted octanol–water partition coefficient (Wildman–Crippen LogP) is 3.68. The van der Waals surface area contributed by atoms with Crippen LogP contribution in [-0.4, -0.2) is 28.7 Å². The van der Waals surface area contributed by atoms with Crippen LogP contribution >= 0.6 is 0 Å². The summed E-state index contributed by atoms with van der Waals surface area (Å²) in [5, 5.41) is 16.4. The first kappa shape index (κ1) is 24.5. The molecule has 2 amide bonds.